The molecule has 0 aliphatic heterocycles. The van der Waals surface area contributed by atoms with E-state index in [4.69, 9.17) is 0 Å². The van der Waals surface area contributed by atoms with E-state index in [2.05, 4.69) is 10.4 Å². The second-order valence-electron chi connectivity index (χ2n) is 5.13. The average Bonchev–Trinajstić information content (AvgIpc) is 2.60. The van der Waals surface area contributed by atoms with Gasteiger partial charge in [-0.05, 0) is 30.5 Å². The summed E-state index contributed by atoms with van der Waals surface area (Å²) in [6.07, 6.45) is 1.91. The van der Waals surface area contributed by atoms with Crippen LogP contribution in [0.3, 0.4) is 0 Å². The molecule has 0 radical (unpaired) electrons. The second-order valence-corrected chi connectivity index (χ2v) is 5.97. The Balaban J connectivity index is 1.90. The molecule has 1 heterocycles. The van der Waals surface area contributed by atoms with Crippen LogP contribution in [0.2, 0.25) is 0 Å². The molecule has 2 aromatic carbocycles. The van der Waals surface area contributed by atoms with Gasteiger partial charge in [-0.1, -0.05) is 24.3 Å². The Morgan fingerprint density at radius 1 is 1.08 bits per heavy atom. The number of anilines is 1. The Hall–Kier alpha value is -2.80. The molecule has 122 valence electrons. The smallest absolute Gasteiger partial charge is 0.273 e. The summed E-state index contributed by atoms with van der Waals surface area (Å²) >= 11 is 1.51. The molecule has 3 aromatic rings. The fraction of sp³-hybridized carbons (Fsp3) is 0.118. The van der Waals surface area contributed by atoms with Crippen LogP contribution in [0.5, 0.6) is 0 Å². The lowest BCUT2D eigenvalue weighted by Crippen LogP contribution is -2.34. The molecular formula is C17H15N3O3S. The lowest BCUT2D eigenvalue weighted by atomic mass is 10.2. The van der Waals surface area contributed by atoms with Crippen molar-refractivity contribution in [3.8, 4) is 0 Å². The summed E-state index contributed by atoms with van der Waals surface area (Å²) in [6, 6.07) is 13.9. The number of carbonyl (C=O) groups is 1. The molecule has 0 atom stereocenters. The lowest BCUT2D eigenvalue weighted by molar-refractivity contribution is -0.117. The van der Waals surface area contributed by atoms with Gasteiger partial charge in [0.2, 0.25) is 5.91 Å². The number of rotatable bonds is 4. The monoisotopic (exact) mass is 341 g/mol. The van der Waals surface area contributed by atoms with Crippen LogP contribution in [-0.4, -0.2) is 21.9 Å². The van der Waals surface area contributed by atoms with Crippen molar-refractivity contribution in [2.45, 2.75) is 11.4 Å². The number of hydrogen-bond donors (Lipinski definition) is 2. The first kappa shape index (κ1) is 16.1. The van der Waals surface area contributed by atoms with Crippen molar-refractivity contribution in [2.75, 3.05) is 11.6 Å². The maximum Gasteiger partial charge on any atom is 0.273 e. The number of nitrogens with zero attached hydrogens (tertiary/aromatic N) is 1. The van der Waals surface area contributed by atoms with E-state index in [1.54, 1.807) is 30.3 Å². The molecule has 0 fully saturated rings. The quantitative estimate of drug-likeness (QED) is 0.712. The van der Waals surface area contributed by atoms with E-state index in [1.165, 1.54) is 11.8 Å². The van der Waals surface area contributed by atoms with Gasteiger partial charge in [-0.25, -0.2) is 4.68 Å². The number of thioether (sulfide) groups is 1. The Labute approximate surface area is 141 Å². The molecule has 6 nitrogen and oxygen atoms in total. The van der Waals surface area contributed by atoms with Crippen molar-refractivity contribution in [1.82, 2.24) is 9.78 Å². The predicted octanol–water partition coefficient (Wildman–Crippen LogP) is 2.05. The topological polar surface area (TPSA) is 84.0 Å². The van der Waals surface area contributed by atoms with E-state index in [0.717, 1.165) is 9.58 Å². The number of fused-ring (bicyclic) bond motifs is 1. The van der Waals surface area contributed by atoms with Crippen molar-refractivity contribution in [2.24, 2.45) is 0 Å². The summed E-state index contributed by atoms with van der Waals surface area (Å²) in [6.45, 7) is -0.262. The SMILES string of the molecule is CSc1ccccc1NC(=O)Cn1[nH]c(=O)c2ccccc2c1=O. The van der Waals surface area contributed by atoms with E-state index in [-0.39, 0.29) is 12.5 Å². The summed E-state index contributed by atoms with van der Waals surface area (Å²) in [7, 11) is 0. The van der Waals surface area contributed by atoms with E-state index < -0.39 is 11.1 Å². The third kappa shape index (κ3) is 3.11. The number of H-pyrrole nitrogens is 1. The van der Waals surface area contributed by atoms with Gasteiger partial charge in [0.15, 0.2) is 0 Å². The minimum Gasteiger partial charge on any atom is -0.323 e. The van der Waals surface area contributed by atoms with E-state index in [1.807, 2.05) is 24.5 Å². The Kier molecular flexibility index (Phi) is 4.52. The van der Waals surface area contributed by atoms with Crippen LogP contribution < -0.4 is 16.4 Å². The van der Waals surface area contributed by atoms with E-state index in [9.17, 15) is 14.4 Å². The molecule has 0 saturated carbocycles. The molecule has 0 aliphatic carbocycles. The normalized spacial score (nSPS) is 10.7. The van der Waals surface area contributed by atoms with Gasteiger partial charge in [-0.2, -0.15) is 0 Å². The van der Waals surface area contributed by atoms with Crippen LogP contribution >= 0.6 is 11.8 Å². The first-order chi connectivity index (χ1) is 11.6. The molecule has 7 heteroatoms. The molecule has 1 aromatic heterocycles. The van der Waals surface area contributed by atoms with Crippen molar-refractivity contribution in [1.29, 1.82) is 0 Å². The highest BCUT2D eigenvalue weighted by molar-refractivity contribution is 7.98. The maximum absolute atomic E-state index is 12.4. The molecule has 2 N–H and O–H groups in total. The van der Waals surface area contributed by atoms with Gasteiger partial charge in [-0.3, -0.25) is 19.5 Å². The van der Waals surface area contributed by atoms with Crippen molar-refractivity contribution in [3.63, 3.8) is 0 Å². The van der Waals surface area contributed by atoms with E-state index in [0.29, 0.717) is 16.5 Å². The number of hydrogen-bond acceptors (Lipinski definition) is 4. The molecule has 0 unspecified atom stereocenters. The number of para-hydroxylation sites is 1. The number of carbonyl (C=O) groups excluding carboxylic acids is 1. The zero-order chi connectivity index (χ0) is 17.1. The third-order valence-corrected chi connectivity index (χ3v) is 4.36. The molecule has 24 heavy (non-hydrogen) atoms. The lowest BCUT2D eigenvalue weighted by Gasteiger charge is -2.10. The zero-order valence-electron chi connectivity index (χ0n) is 12.9. The Bertz CT molecular complexity index is 1020. The Morgan fingerprint density at radius 2 is 1.75 bits per heavy atom. The molecule has 3 rings (SSSR count). The van der Waals surface area contributed by atoms with Crippen molar-refractivity contribution >= 4 is 34.1 Å². The predicted molar refractivity (Wildman–Crippen MR) is 95.7 cm³/mol. The van der Waals surface area contributed by atoms with Crippen LogP contribution in [0.1, 0.15) is 0 Å². The largest absolute Gasteiger partial charge is 0.323 e. The van der Waals surface area contributed by atoms with Gasteiger partial charge >= 0.3 is 0 Å². The van der Waals surface area contributed by atoms with Crippen LogP contribution in [0.4, 0.5) is 5.69 Å². The first-order valence-electron chi connectivity index (χ1n) is 7.25. The fourth-order valence-electron chi connectivity index (χ4n) is 2.44. The van der Waals surface area contributed by atoms with Gasteiger partial charge < -0.3 is 5.32 Å². The number of amides is 1. The molecule has 0 spiro atoms. The third-order valence-electron chi connectivity index (χ3n) is 3.57. The molecule has 0 aliphatic rings. The van der Waals surface area contributed by atoms with Crippen molar-refractivity contribution in [3.05, 3.63) is 69.2 Å². The summed E-state index contributed by atoms with van der Waals surface area (Å²) in [4.78, 5) is 37.6. The highest BCUT2D eigenvalue weighted by Gasteiger charge is 2.11. The highest BCUT2D eigenvalue weighted by Crippen LogP contribution is 2.24. The van der Waals surface area contributed by atoms with Gasteiger partial charge in [-0.15, -0.1) is 11.8 Å². The number of benzene rings is 2. The maximum atomic E-state index is 12.4. The minimum absolute atomic E-state index is 0.262. The van der Waals surface area contributed by atoms with E-state index >= 15 is 0 Å². The van der Waals surface area contributed by atoms with Crippen LogP contribution in [0.15, 0.2) is 63.0 Å². The minimum atomic E-state index is -0.404. The average molecular weight is 341 g/mol. The van der Waals surface area contributed by atoms with Crippen LogP contribution in [0, 0.1) is 0 Å². The summed E-state index contributed by atoms with van der Waals surface area (Å²) in [5.74, 6) is -0.385. The standard InChI is InChI=1S/C17H15N3O3S/c1-24-14-9-5-4-8-13(14)18-15(21)10-20-17(23)12-7-3-2-6-11(12)16(22)19-20/h2-9H,10H2,1H3,(H,18,21)(H,19,22). The van der Waals surface area contributed by atoms with Gasteiger partial charge in [0.1, 0.15) is 6.54 Å². The molecule has 0 bridgehead atoms. The fourth-order valence-corrected chi connectivity index (χ4v) is 2.99. The number of nitrogens with one attached hydrogen (secondary N) is 2. The molecule has 1 amide bonds. The van der Waals surface area contributed by atoms with Crippen LogP contribution in [0.25, 0.3) is 10.8 Å². The van der Waals surface area contributed by atoms with Gasteiger partial charge in [0, 0.05) is 4.90 Å². The molecular weight excluding hydrogens is 326 g/mol. The Morgan fingerprint density at radius 3 is 2.50 bits per heavy atom. The van der Waals surface area contributed by atoms with Gasteiger partial charge in [0.25, 0.3) is 11.1 Å². The van der Waals surface area contributed by atoms with Crippen molar-refractivity contribution < 1.29 is 4.79 Å². The molecule has 0 saturated heterocycles. The number of aromatic nitrogens is 2. The first-order valence-corrected chi connectivity index (χ1v) is 8.47. The number of aromatic amines is 1. The summed E-state index contributed by atoms with van der Waals surface area (Å²) in [5.41, 5.74) is -0.132. The second kappa shape index (κ2) is 6.76. The zero-order valence-corrected chi connectivity index (χ0v) is 13.7. The van der Waals surface area contributed by atoms with Gasteiger partial charge in [0.05, 0.1) is 16.5 Å². The summed E-state index contributed by atoms with van der Waals surface area (Å²) in [5, 5.41) is 5.81. The van der Waals surface area contributed by atoms with Crippen LogP contribution in [-0.2, 0) is 11.3 Å². The summed E-state index contributed by atoms with van der Waals surface area (Å²) < 4.78 is 1.03. The highest BCUT2D eigenvalue weighted by atomic mass is 32.2.